The van der Waals surface area contributed by atoms with E-state index in [-0.39, 0.29) is 40.4 Å². The smallest absolute Gasteiger partial charge is 0.327 e. The number of rotatable bonds is 10. The first-order valence-corrected chi connectivity index (χ1v) is 12.3. The number of aliphatic carboxylic acids is 1. The van der Waals surface area contributed by atoms with Gasteiger partial charge in [-0.3, -0.25) is 20.4 Å². The number of hydrazine groups is 1. The van der Waals surface area contributed by atoms with Gasteiger partial charge in [-0.15, -0.1) is 0 Å². The highest BCUT2D eigenvalue weighted by Crippen LogP contribution is 2.35. The molecule has 0 spiro atoms. The Balaban J connectivity index is 1.47. The second kappa shape index (κ2) is 11.9. The predicted octanol–water partition coefficient (Wildman–Crippen LogP) is 2.86. The normalized spacial score (nSPS) is 13.9. The van der Waals surface area contributed by atoms with E-state index in [1.165, 1.54) is 0 Å². The number of methoxy groups -OCH3 is 1. The quantitative estimate of drug-likeness (QED) is 0.224. The van der Waals surface area contributed by atoms with Crippen LogP contribution >= 0.6 is 23.2 Å². The van der Waals surface area contributed by atoms with Gasteiger partial charge in [0.25, 0.3) is 11.8 Å². The average molecular weight is 549 g/mol. The van der Waals surface area contributed by atoms with Gasteiger partial charge < -0.3 is 24.5 Å². The Bertz CT molecular complexity index is 1290. The fourth-order valence-corrected chi connectivity index (χ4v) is 4.89. The summed E-state index contributed by atoms with van der Waals surface area (Å²) in [4.78, 5) is 39.3. The van der Waals surface area contributed by atoms with Crippen molar-refractivity contribution < 1.29 is 28.6 Å². The van der Waals surface area contributed by atoms with Crippen LogP contribution in [0.5, 0.6) is 0 Å². The summed E-state index contributed by atoms with van der Waals surface area (Å²) in [5.41, 5.74) is 7.57. The molecule has 0 bridgehead atoms. The standard InChI is InChI=1S/C25H26Cl2N4O6/c1-36-9-7-28-29-12-18(25(34)35)30-23(32)21-17(26)10-15-13-31(8-6-16(15)22(21)27)24(33)20-11-14-4-2-3-5-19(14)37-20/h2-5,10-11,18,28-29H,6-9,12-13H2,1H3,(H,30,32)(H,34,35)/t18-/m0/s1. The van der Waals surface area contributed by atoms with Crippen molar-refractivity contribution in [2.24, 2.45) is 0 Å². The van der Waals surface area contributed by atoms with Gasteiger partial charge in [0.05, 0.1) is 22.2 Å². The number of carbonyl (C=O) groups is 3. The summed E-state index contributed by atoms with van der Waals surface area (Å²) in [6.07, 6.45) is 0.394. The second-order valence-corrected chi connectivity index (χ2v) is 9.26. The van der Waals surface area contributed by atoms with E-state index in [2.05, 4.69) is 16.2 Å². The Morgan fingerprint density at radius 1 is 1.19 bits per heavy atom. The van der Waals surface area contributed by atoms with E-state index in [0.717, 1.165) is 5.39 Å². The maximum absolute atomic E-state index is 13.1. The van der Waals surface area contributed by atoms with Gasteiger partial charge in [-0.05, 0) is 35.7 Å². The van der Waals surface area contributed by atoms with Crippen LogP contribution in [0.15, 0.2) is 40.8 Å². The maximum atomic E-state index is 13.1. The summed E-state index contributed by atoms with van der Waals surface area (Å²) in [5.74, 6) is -1.95. The molecule has 4 N–H and O–H groups in total. The van der Waals surface area contributed by atoms with E-state index in [4.69, 9.17) is 32.4 Å². The van der Waals surface area contributed by atoms with Crippen molar-refractivity contribution >= 4 is 52.0 Å². The number of para-hydroxylation sites is 1. The predicted molar refractivity (Wildman–Crippen MR) is 138 cm³/mol. The minimum Gasteiger partial charge on any atom is -0.480 e. The number of halogens is 2. The molecule has 0 radical (unpaired) electrons. The molecule has 0 aliphatic carbocycles. The summed E-state index contributed by atoms with van der Waals surface area (Å²) in [6.45, 7) is 1.40. The van der Waals surface area contributed by atoms with E-state index in [9.17, 15) is 19.5 Å². The fourth-order valence-electron chi connectivity index (χ4n) is 4.12. The van der Waals surface area contributed by atoms with Crippen LogP contribution < -0.4 is 16.2 Å². The fraction of sp³-hybridized carbons (Fsp3) is 0.320. The van der Waals surface area contributed by atoms with Crippen LogP contribution in [0.25, 0.3) is 11.0 Å². The van der Waals surface area contributed by atoms with E-state index >= 15 is 0 Å². The molecule has 0 fully saturated rings. The van der Waals surface area contributed by atoms with Gasteiger partial charge in [-0.2, -0.15) is 0 Å². The number of carboxylic acids is 1. The number of carboxylic acid groups (broad SMARTS) is 1. The number of furan rings is 1. The Morgan fingerprint density at radius 3 is 2.70 bits per heavy atom. The third kappa shape index (κ3) is 6.06. The molecule has 0 unspecified atom stereocenters. The number of fused-ring (bicyclic) bond motifs is 2. The SMILES string of the molecule is COCCNNC[C@H](NC(=O)c1c(Cl)cc2c(c1Cl)CCN(C(=O)c1cc3ccccc3o1)C2)C(=O)O. The van der Waals surface area contributed by atoms with E-state index in [0.29, 0.717) is 42.8 Å². The molecule has 1 aromatic heterocycles. The zero-order chi connectivity index (χ0) is 26.5. The number of ether oxygens (including phenoxy) is 1. The molecule has 0 saturated heterocycles. The van der Waals surface area contributed by atoms with Crippen LogP contribution in [0, 0.1) is 0 Å². The first kappa shape index (κ1) is 26.9. The van der Waals surface area contributed by atoms with Crippen LogP contribution in [-0.2, 0) is 22.5 Å². The van der Waals surface area contributed by atoms with Crippen LogP contribution in [0.3, 0.4) is 0 Å². The Kier molecular flexibility index (Phi) is 8.67. The van der Waals surface area contributed by atoms with E-state index < -0.39 is 17.9 Å². The summed E-state index contributed by atoms with van der Waals surface area (Å²) in [6, 6.07) is 9.45. The van der Waals surface area contributed by atoms with Crippen molar-refractivity contribution in [2.45, 2.75) is 19.0 Å². The number of benzene rings is 2. The van der Waals surface area contributed by atoms with Gasteiger partial charge in [0.15, 0.2) is 5.76 Å². The molecule has 196 valence electrons. The minimum atomic E-state index is -1.23. The molecule has 1 aliphatic rings. The summed E-state index contributed by atoms with van der Waals surface area (Å²) >= 11 is 13.0. The van der Waals surface area contributed by atoms with Gasteiger partial charge in [0.2, 0.25) is 0 Å². The van der Waals surface area contributed by atoms with Gasteiger partial charge in [-0.1, -0.05) is 41.4 Å². The zero-order valence-corrected chi connectivity index (χ0v) is 21.5. The highest BCUT2D eigenvalue weighted by Gasteiger charge is 2.30. The zero-order valence-electron chi connectivity index (χ0n) is 20.0. The maximum Gasteiger partial charge on any atom is 0.327 e. The molecule has 1 aliphatic heterocycles. The third-order valence-electron chi connectivity index (χ3n) is 6.02. The summed E-state index contributed by atoms with van der Waals surface area (Å²) in [5, 5.41) is 13.0. The minimum absolute atomic E-state index is 0.00210. The second-order valence-electron chi connectivity index (χ2n) is 8.47. The molecule has 1 atom stereocenters. The highest BCUT2D eigenvalue weighted by atomic mass is 35.5. The Labute approximate surface area is 222 Å². The van der Waals surface area contributed by atoms with Gasteiger partial charge >= 0.3 is 5.97 Å². The third-order valence-corrected chi connectivity index (χ3v) is 6.74. The van der Waals surface area contributed by atoms with Crippen LogP contribution in [0.1, 0.15) is 32.0 Å². The lowest BCUT2D eigenvalue weighted by molar-refractivity contribution is -0.139. The Morgan fingerprint density at radius 2 is 1.97 bits per heavy atom. The monoisotopic (exact) mass is 548 g/mol. The molecule has 37 heavy (non-hydrogen) atoms. The summed E-state index contributed by atoms with van der Waals surface area (Å²) in [7, 11) is 1.55. The lowest BCUT2D eigenvalue weighted by atomic mass is 9.96. The molecule has 2 heterocycles. The Hall–Kier alpha value is -3.15. The van der Waals surface area contributed by atoms with Crippen molar-refractivity contribution in [3.8, 4) is 0 Å². The number of carbonyl (C=O) groups excluding carboxylic acids is 2. The number of hydrogen-bond donors (Lipinski definition) is 4. The average Bonchev–Trinajstić information content (AvgIpc) is 3.31. The van der Waals surface area contributed by atoms with Gasteiger partial charge in [0, 0.05) is 38.7 Å². The van der Waals surface area contributed by atoms with Crippen molar-refractivity contribution in [3.05, 3.63) is 68.9 Å². The van der Waals surface area contributed by atoms with Crippen LogP contribution in [0.4, 0.5) is 0 Å². The highest BCUT2D eigenvalue weighted by molar-refractivity contribution is 6.40. The lowest BCUT2D eigenvalue weighted by Gasteiger charge is -2.30. The van der Waals surface area contributed by atoms with Gasteiger partial charge in [-0.25, -0.2) is 4.79 Å². The molecular formula is C25H26Cl2N4O6. The van der Waals surface area contributed by atoms with Crippen molar-refractivity contribution in [1.82, 2.24) is 21.1 Å². The van der Waals surface area contributed by atoms with Gasteiger partial charge in [0.1, 0.15) is 11.6 Å². The van der Waals surface area contributed by atoms with Crippen molar-refractivity contribution in [1.29, 1.82) is 0 Å². The molecular weight excluding hydrogens is 523 g/mol. The molecule has 3 aromatic rings. The molecule has 4 rings (SSSR count). The molecule has 2 aromatic carbocycles. The van der Waals surface area contributed by atoms with Crippen molar-refractivity contribution in [3.63, 3.8) is 0 Å². The topological polar surface area (TPSA) is 133 Å². The summed E-state index contributed by atoms with van der Waals surface area (Å²) < 4.78 is 10.6. The number of nitrogens with zero attached hydrogens (tertiary/aromatic N) is 1. The first-order valence-electron chi connectivity index (χ1n) is 11.6. The van der Waals surface area contributed by atoms with Crippen LogP contribution in [0.2, 0.25) is 10.0 Å². The number of amides is 2. The largest absolute Gasteiger partial charge is 0.480 e. The molecule has 0 saturated carbocycles. The number of hydrogen-bond acceptors (Lipinski definition) is 7. The van der Waals surface area contributed by atoms with E-state index in [1.807, 2.05) is 18.2 Å². The number of nitrogens with one attached hydrogen (secondary N) is 3. The molecule has 10 nitrogen and oxygen atoms in total. The van der Waals surface area contributed by atoms with E-state index in [1.54, 1.807) is 30.2 Å². The molecule has 12 heteroatoms. The van der Waals surface area contributed by atoms with Crippen molar-refractivity contribution in [2.75, 3.05) is 33.4 Å². The van der Waals surface area contributed by atoms with Crippen LogP contribution in [-0.4, -0.2) is 67.2 Å². The first-order chi connectivity index (χ1) is 17.8. The molecule has 2 amide bonds. The lowest BCUT2D eigenvalue weighted by Crippen LogP contribution is -2.50.